The summed E-state index contributed by atoms with van der Waals surface area (Å²) in [6, 6.07) is 0.115. The molecule has 5 heteroatoms. The number of piperidine rings is 2. The molecule has 0 aliphatic carbocycles. The average Bonchev–Trinajstić information content (AvgIpc) is 2.36. The van der Waals surface area contributed by atoms with Gasteiger partial charge in [0, 0.05) is 25.7 Å². The van der Waals surface area contributed by atoms with Gasteiger partial charge in [0.25, 0.3) is 0 Å². The third-order valence-electron chi connectivity index (χ3n) is 4.61. The summed E-state index contributed by atoms with van der Waals surface area (Å²) in [6.07, 6.45) is 2.32. The molecule has 114 valence electrons. The Kier molecular flexibility index (Phi) is 4.55. The van der Waals surface area contributed by atoms with Gasteiger partial charge in [-0.1, -0.05) is 13.8 Å². The first-order chi connectivity index (χ1) is 9.38. The van der Waals surface area contributed by atoms with Crippen molar-refractivity contribution < 1.29 is 14.7 Å². The molecule has 20 heavy (non-hydrogen) atoms. The zero-order valence-corrected chi connectivity index (χ0v) is 12.7. The lowest BCUT2D eigenvalue weighted by molar-refractivity contribution is -0.143. The first kappa shape index (κ1) is 15.1. The van der Waals surface area contributed by atoms with Crippen molar-refractivity contribution in [3.05, 3.63) is 0 Å². The topological polar surface area (TPSA) is 60.9 Å². The highest BCUT2D eigenvalue weighted by Crippen LogP contribution is 2.27. The van der Waals surface area contributed by atoms with Crippen LogP contribution in [0.3, 0.4) is 0 Å². The molecule has 0 spiro atoms. The Morgan fingerprint density at radius 1 is 1.05 bits per heavy atom. The fourth-order valence-corrected chi connectivity index (χ4v) is 3.68. The number of amides is 2. The maximum Gasteiger partial charge on any atom is 0.320 e. The molecule has 2 saturated heterocycles. The van der Waals surface area contributed by atoms with Crippen molar-refractivity contribution >= 4 is 12.0 Å². The van der Waals surface area contributed by atoms with E-state index < -0.39 is 5.97 Å². The monoisotopic (exact) mass is 282 g/mol. The molecule has 2 fully saturated rings. The van der Waals surface area contributed by atoms with Crippen LogP contribution < -0.4 is 0 Å². The number of hydrogen-bond acceptors (Lipinski definition) is 2. The van der Waals surface area contributed by atoms with E-state index in [-0.39, 0.29) is 18.0 Å². The number of carboxylic acid groups (broad SMARTS) is 1. The Bertz CT molecular complexity index is 375. The van der Waals surface area contributed by atoms with Crippen LogP contribution in [0.15, 0.2) is 0 Å². The van der Waals surface area contributed by atoms with Gasteiger partial charge in [0.05, 0.1) is 5.92 Å². The lowest BCUT2D eigenvalue weighted by Crippen LogP contribution is -2.54. The molecule has 4 unspecified atom stereocenters. The molecular weight excluding hydrogens is 256 g/mol. The quantitative estimate of drug-likeness (QED) is 0.802. The number of urea groups is 1. The third-order valence-corrected chi connectivity index (χ3v) is 4.61. The highest BCUT2D eigenvalue weighted by molar-refractivity contribution is 5.76. The zero-order chi connectivity index (χ0) is 14.9. The van der Waals surface area contributed by atoms with Crippen LogP contribution in [0, 0.1) is 17.8 Å². The molecule has 0 aromatic heterocycles. The molecule has 0 aromatic carbocycles. The van der Waals surface area contributed by atoms with Crippen LogP contribution in [0.1, 0.15) is 40.0 Å². The standard InChI is InChI=1S/C15H26N2O3/c1-10-6-11(2)9-16(8-10)15(20)17-5-4-13(14(18)19)7-12(17)3/h10-13H,4-9H2,1-3H3,(H,18,19). The van der Waals surface area contributed by atoms with Gasteiger partial charge in [0.15, 0.2) is 0 Å². The number of carboxylic acids is 1. The van der Waals surface area contributed by atoms with Crippen LogP contribution in [0.4, 0.5) is 4.79 Å². The Labute approximate surface area is 120 Å². The first-order valence-electron chi connectivity index (χ1n) is 7.66. The van der Waals surface area contributed by atoms with Crippen molar-refractivity contribution in [1.82, 2.24) is 9.80 Å². The summed E-state index contributed by atoms with van der Waals surface area (Å²) in [7, 11) is 0. The maximum absolute atomic E-state index is 12.6. The van der Waals surface area contributed by atoms with Gasteiger partial charge >= 0.3 is 12.0 Å². The predicted molar refractivity (Wildman–Crippen MR) is 76.4 cm³/mol. The van der Waals surface area contributed by atoms with Gasteiger partial charge in [-0.05, 0) is 38.0 Å². The summed E-state index contributed by atoms with van der Waals surface area (Å²) >= 11 is 0. The number of nitrogens with zero attached hydrogens (tertiary/aromatic N) is 2. The van der Waals surface area contributed by atoms with Gasteiger partial charge in [-0.3, -0.25) is 4.79 Å². The van der Waals surface area contributed by atoms with Crippen molar-refractivity contribution in [2.45, 2.75) is 46.1 Å². The Balaban J connectivity index is 1.97. The molecule has 0 aromatic rings. The van der Waals surface area contributed by atoms with Crippen molar-refractivity contribution in [2.24, 2.45) is 17.8 Å². The minimum absolute atomic E-state index is 0.0184. The minimum atomic E-state index is -0.732. The van der Waals surface area contributed by atoms with E-state index in [1.165, 1.54) is 6.42 Å². The van der Waals surface area contributed by atoms with Gasteiger partial charge < -0.3 is 14.9 Å². The molecule has 5 nitrogen and oxygen atoms in total. The molecule has 0 radical (unpaired) electrons. The molecule has 2 rings (SSSR count). The Morgan fingerprint density at radius 3 is 2.15 bits per heavy atom. The summed E-state index contributed by atoms with van der Waals surface area (Å²) in [5, 5.41) is 9.09. The SMILES string of the molecule is CC1CC(C)CN(C(=O)N2CCC(C(=O)O)CC2C)C1. The Hall–Kier alpha value is -1.26. The van der Waals surface area contributed by atoms with Crippen molar-refractivity contribution in [3.63, 3.8) is 0 Å². The fourth-order valence-electron chi connectivity index (χ4n) is 3.68. The fraction of sp³-hybridized carbons (Fsp3) is 0.867. The molecule has 0 bridgehead atoms. The molecule has 2 amide bonds. The number of carbonyl (C=O) groups is 2. The zero-order valence-electron chi connectivity index (χ0n) is 12.7. The second-order valence-corrected chi connectivity index (χ2v) is 6.74. The van der Waals surface area contributed by atoms with Gasteiger partial charge in [-0.25, -0.2) is 4.79 Å². The minimum Gasteiger partial charge on any atom is -0.481 e. The van der Waals surface area contributed by atoms with E-state index in [1.807, 2.05) is 16.7 Å². The molecule has 2 aliphatic heterocycles. The smallest absolute Gasteiger partial charge is 0.320 e. The van der Waals surface area contributed by atoms with Gasteiger partial charge in [-0.15, -0.1) is 0 Å². The molecular formula is C15H26N2O3. The summed E-state index contributed by atoms with van der Waals surface area (Å²) in [5.74, 6) is 0.0709. The molecule has 4 atom stereocenters. The largest absolute Gasteiger partial charge is 0.481 e. The summed E-state index contributed by atoms with van der Waals surface area (Å²) in [5.41, 5.74) is 0. The van der Waals surface area contributed by atoms with E-state index in [9.17, 15) is 9.59 Å². The van der Waals surface area contributed by atoms with Gasteiger partial charge in [0.1, 0.15) is 0 Å². The number of likely N-dealkylation sites (tertiary alicyclic amines) is 2. The van der Waals surface area contributed by atoms with Gasteiger partial charge in [-0.2, -0.15) is 0 Å². The van der Waals surface area contributed by atoms with Crippen molar-refractivity contribution in [3.8, 4) is 0 Å². The van der Waals surface area contributed by atoms with Gasteiger partial charge in [0.2, 0.25) is 0 Å². The second kappa shape index (κ2) is 6.02. The van der Waals surface area contributed by atoms with E-state index in [2.05, 4.69) is 13.8 Å². The van der Waals surface area contributed by atoms with E-state index in [4.69, 9.17) is 5.11 Å². The van der Waals surface area contributed by atoms with E-state index in [0.29, 0.717) is 31.2 Å². The second-order valence-electron chi connectivity index (χ2n) is 6.74. The number of hydrogen-bond donors (Lipinski definition) is 1. The van der Waals surface area contributed by atoms with E-state index >= 15 is 0 Å². The first-order valence-corrected chi connectivity index (χ1v) is 7.66. The normalized spacial score (nSPS) is 35.0. The highest BCUT2D eigenvalue weighted by Gasteiger charge is 2.35. The van der Waals surface area contributed by atoms with Crippen LogP contribution in [0.2, 0.25) is 0 Å². The van der Waals surface area contributed by atoms with Crippen molar-refractivity contribution in [2.75, 3.05) is 19.6 Å². The molecule has 2 aliphatic rings. The van der Waals surface area contributed by atoms with E-state index in [1.54, 1.807) is 0 Å². The molecule has 1 N–H and O–H groups in total. The van der Waals surface area contributed by atoms with Crippen LogP contribution in [0.25, 0.3) is 0 Å². The number of rotatable bonds is 1. The third kappa shape index (κ3) is 3.25. The van der Waals surface area contributed by atoms with Crippen LogP contribution in [-0.4, -0.2) is 52.6 Å². The summed E-state index contributed by atoms with van der Waals surface area (Å²) in [4.78, 5) is 27.5. The van der Waals surface area contributed by atoms with E-state index in [0.717, 1.165) is 13.1 Å². The van der Waals surface area contributed by atoms with Crippen LogP contribution in [-0.2, 0) is 4.79 Å². The highest BCUT2D eigenvalue weighted by atomic mass is 16.4. The van der Waals surface area contributed by atoms with Crippen LogP contribution in [0.5, 0.6) is 0 Å². The summed E-state index contributed by atoms with van der Waals surface area (Å²) in [6.45, 7) is 8.57. The summed E-state index contributed by atoms with van der Waals surface area (Å²) < 4.78 is 0. The molecule has 2 heterocycles. The Morgan fingerprint density at radius 2 is 1.65 bits per heavy atom. The van der Waals surface area contributed by atoms with Crippen LogP contribution >= 0.6 is 0 Å². The lowest BCUT2D eigenvalue weighted by Gasteiger charge is -2.42. The maximum atomic E-state index is 12.6. The lowest BCUT2D eigenvalue weighted by atomic mass is 9.90. The number of aliphatic carboxylic acids is 1. The average molecular weight is 282 g/mol. The van der Waals surface area contributed by atoms with Crippen molar-refractivity contribution in [1.29, 1.82) is 0 Å². The number of carbonyl (C=O) groups excluding carboxylic acids is 1. The molecule has 0 saturated carbocycles. The predicted octanol–water partition coefficient (Wildman–Crippen LogP) is 2.27.